The first-order chi connectivity index (χ1) is 6.91. The molecule has 1 rings (SSSR count). The quantitative estimate of drug-likeness (QED) is 0.783. The van der Waals surface area contributed by atoms with Crippen molar-refractivity contribution >= 4 is 11.7 Å². The minimum absolute atomic E-state index is 0.234. The summed E-state index contributed by atoms with van der Waals surface area (Å²) in [5.41, 5.74) is 13.0. The molecule has 0 aliphatic carbocycles. The molecule has 0 aromatic carbocycles. The molecule has 0 aliphatic heterocycles. The van der Waals surface area contributed by atoms with E-state index in [1.54, 1.807) is 0 Å². The molecule has 0 bridgehead atoms. The first-order valence-corrected chi connectivity index (χ1v) is 4.97. The highest BCUT2D eigenvalue weighted by molar-refractivity contribution is 5.98. The zero-order chi connectivity index (χ0) is 11.6. The number of hydrogen-bond acceptors (Lipinski definition) is 3. The van der Waals surface area contributed by atoms with Crippen molar-refractivity contribution in [1.82, 2.24) is 4.98 Å². The van der Waals surface area contributed by atoms with Crippen LogP contribution in [0.3, 0.4) is 0 Å². The lowest BCUT2D eigenvalue weighted by Crippen LogP contribution is -2.18. The normalized spacial score (nSPS) is 10.7. The zero-order valence-corrected chi connectivity index (χ0v) is 9.37. The van der Waals surface area contributed by atoms with Crippen LogP contribution in [0.4, 0.5) is 5.82 Å². The van der Waals surface area contributed by atoms with Crippen molar-refractivity contribution in [2.75, 3.05) is 5.73 Å². The Balaban J connectivity index is 3.27. The van der Waals surface area contributed by atoms with E-state index in [1.165, 1.54) is 0 Å². The molecule has 0 saturated heterocycles. The smallest absolute Gasteiger partial charge is 0.252 e. The summed E-state index contributed by atoms with van der Waals surface area (Å²) in [5, 5.41) is 0. The molecule has 0 aliphatic rings. The molecule has 0 radical (unpaired) electrons. The number of carbonyl (C=O) groups excluding carboxylic acids is 1. The number of amides is 1. The minimum atomic E-state index is -0.504. The number of hydrogen-bond donors (Lipinski definition) is 2. The summed E-state index contributed by atoms with van der Waals surface area (Å²) in [6.07, 6.45) is 0.784. The van der Waals surface area contributed by atoms with E-state index in [4.69, 9.17) is 11.5 Å². The van der Waals surface area contributed by atoms with Gasteiger partial charge in [0, 0.05) is 5.69 Å². The predicted octanol–water partition coefficient (Wildman–Crippen LogP) is 1.27. The summed E-state index contributed by atoms with van der Waals surface area (Å²) in [7, 11) is 0. The third-order valence-corrected chi connectivity index (χ3v) is 2.13. The fourth-order valence-electron chi connectivity index (χ4n) is 1.65. The van der Waals surface area contributed by atoms with Crippen molar-refractivity contribution in [3.05, 3.63) is 22.9 Å². The van der Waals surface area contributed by atoms with Crippen molar-refractivity contribution in [3.63, 3.8) is 0 Å². The van der Waals surface area contributed by atoms with E-state index in [2.05, 4.69) is 18.8 Å². The van der Waals surface area contributed by atoms with Gasteiger partial charge in [0.1, 0.15) is 5.82 Å². The standard InChI is InChI=1S/C11H17N3O/c1-6(2)4-8-5-7(3)14-10(12)9(8)11(13)15/h5-6H,4H2,1-3H3,(H2,12,14)(H2,13,15). The molecule has 0 fully saturated rings. The molecule has 1 amide bonds. The van der Waals surface area contributed by atoms with Crippen LogP contribution in [-0.4, -0.2) is 10.9 Å². The van der Waals surface area contributed by atoms with Gasteiger partial charge in [-0.15, -0.1) is 0 Å². The monoisotopic (exact) mass is 207 g/mol. The largest absolute Gasteiger partial charge is 0.383 e. The highest BCUT2D eigenvalue weighted by Crippen LogP contribution is 2.19. The SMILES string of the molecule is Cc1cc(CC(C)C)c(C(N)=O)c(N)n1. The number of primary amides is 1. The van der Waals surface area contributed by atoms with Gasteiger partial charge < -0.3 is 11.5 Å². The van der Waals surface area contributed by atoms with Gasteiger partial charge in [-0.2, -0.15) is 0 Å². The summed E-state index contributed by atoms with van der Waals surface area (Å²) < 4.78 is 0. The molecule has 15 heavy (non-hydrogen) atoms. The van der Waals surface area contributed by atoms with Gasteiger partial charge in [-0.1, -0.05) is 13.8 Å². The van der Waals surface area contributed by atoms with E-state index in [9.17, 15) is 4.79 Å². The van der Waals surface area contributed by atoms with Gasteiger partial charge in [-0.05, 0) is 30.9 Å². The van der Waals surface area contributed by atoms with Crippen LogP contribution in [0.1, 0.15) is 35.5 Å². The van der Waals surface area contributed by atoms with Crippen molar-refractivity contribution < 1.29 is 4.79 Å². The first-order valence-electron chi connectivity index (χ1n) is 4.97. The predicted molar refractivity (Wildman–Crippen MR) is 60.4 cm³/mol. The third-order valence-electron chi connectivity index (χ3n) is 2.13. The van der Waals surface area contributed by atoms with Gasteiger partial charge in [0.15, 0.2) is 0 Å². The highest BCUT2D eigenvalue weighted by Gasteiger charge is 2.14. The second-order valence-corrected chi connectivity index (χ2v) is 4.15. The molecular formula is C11H17N3O. The molecular weight excluding hydrogens is 190 g/mol. The summed E-state index contributed by atoms with van der Waals surface area (Å²) in [6, 6.07) is 1.87. The molecule has 82 valence electrons. The molecule has 0 atom stereocenters. The van der Waals surface area contributed by atoms with Crippen LogP contribution in [-0.2, 0) is 6.42 Å². The van der Waals surface area contributed by atoms with Gasteiger partial charge >= 0.3 is 0 Å². The van der Waals surface area contributed by atoms with Crippen molar-refractivity contribution in [2.24, 2.45) is 11.7 Å². The maximum Gasteiger partial charge on any atom is 0.252 e. The fraction of sp³-hybridized carbons (Fsp3) is 0.455. The van der Waals surface area contributed by atoms with Crippen LogP contribution in [0.2, 0.25) is 0 Å². The number of pyridine rings is 1. The van der Waals surface area contributed by atoms with Gasteiger partial charge in [0.25, 0.3) is 5.91 Å². The third kappa shape index (κ3) is 2.68. The van der Waals surface area contributed by atoms with E-state index in [-0.39, 0.29) is 5.82 Å². The Morgan fingerprint density at radius 2 is 2.13 bits per heavy atom. The van der Waals surface area contributed by atoms with Gasteiger partial charge in [-0.3, -0.25) is 4.79 Å². The number of rotatable bonds is 3. The van der Waals surface area contributed by atoms with Crippen LogP contribution >= 0.6 is 0 Å². The van der Waals surface area contributed by atoms with Crippen molar-refractivity contribution in [1.29, 1.82) is 0 Å². The Hall–Kier alpha value is -1.58. The maximum absolute atomic E-state index is 11.2. The molecule has 0 spiro atoms. The van der Waals surface area contributed by atoms with E-state index in [0.29, 0.717) is 11.5 Å². The number of aromatic nitrogens is 1. The summed E-state index contributed by atoms with van der Waals surface area (Å²) in [5.74, 6) is 0.179. The topological polar surface area (TPSA) is 82.0 Å². The Morgan fingerprint density at radius 3 is 2.60 bits per heavy atom. The number of nitrogens with two attached hydrogens (primary N) is 2. The average Bonchev–Trinajstić information content (AvgIpc) is 1.99. The Bertz CT molecular complexity index is 386. The van der Waals surface area contributed by atoms with Crippen LogP contribution in [0.15, 0.2) is 6.07 Å². The van der Waals surface area contributed by atoms with E-state index < -0.39 is 5.91 Å². The second kappa shape index (κ2) is 4.29. The molecule has 0 unspecified atom stereocenters. The summed E-state index contributed by atoms with van der Waals surface area (Å²) >= 11 is 0. The van der Waals surface area contributed by atoms with Crippen molar-refractivity contribution in [2.45, 2.75) is 27.2 Å². The van der Waals surface area contributed by atoms with Gasteiger partial charge in [0.2, 0.25) is 0 Å². The number of carbonyl (C=O) groups is 1. The van der Waals surface area contributed by atoms with E-state index >= 15 is 0 Å². The van der Waals surface area contributed by atoms with Gasteiger partial charge in [0.05, 0.1) is 5.56 Å². The van der Waals surface area contributed by atoms with Crippen LogP contribution in [0.5, 0.6) is 0 Å². The number of nitrogens with zero attached hydrogens (tertiary/aromatic N) is 1. The highest BCUT2D eigenvalue weighted by atomic mass is 16.1. The van der Waals surface area contributed by atoms with E-state index in [0.717, 1.165) is 17.7 Å². The molecule has 4 N–H and O–H groups in total. The van der Waals surface area contributed by atoms with Crippen LogP contribution in [0.25, 0.3) is 0 Å². The number of aryl methyl sites for hydroxylation is 1. The fourth-order valence-corrected chi connectivity index (χ4v) is 1.65. The molecule has 4 heteroatoms. The Kier molecular flexibility index (Phi) is 3.29. The molecule has 1 aromatic rings. The van der Waals surface area contributed by atoms with Crippen LogP contribution < -0.4 is 11.5 Å². The average molecular weight is 207 g/mol. The Labute approximate surface area is 89.7 Å². The second-order valence-electron chi connectivity index (χ2n) is 4.15. The van der Waals surface area contributed by atoms with Crippen molar-refractivity contribution in [3.8, 4) is 0 Å². The molecule has 1 heterocycles. The maximum atomic E-state index is 11.2. The minimum Gasteiger partial charge on any atom is -0.383 e. The lowest BCUT2D eigenvalue weighted by molar-refractivity contribution is 0.1000. The number of nitrogen functional groups attached to an aromatic ring is 1. The first kappa shape index (κ1) is 11.5. The Morgan fingerprint density at radius 1 is 1.53 bits per heavy atom. The molecule has 4 nitrogen and oxygen atoms in total. The summed E-state index contributed by atoms with van der Waals surface area (Å²) in [6.45, 7) is 6.01. The van der Waals surface area contributed by atoms with E-state index in [1.807, 2.05) is 13.0 Å². The van der Waals surface area contributed by atoms with Gasteiger partial charge in [-0.25, -0.2) is 4.98 Å². The lowest BCUT2D eigenvalue weighted by atomic mass is 9.98. The summed E-state index contributed by atoms with van der Waals surface area (Å²) in [4.78, 5) is 15.3. The zero-order valence-electron chi connectivity index (χ0n) is 9.37. The molecule has 0 saturated carbocycles. The van der Waals surface area contributed by atoms with Crippen LogP contribution in [0, 0.1) is 12.8 Å². The molecule has 1 aromatic heterocycles. The number of anilines is 1. The lowest BCUT2D eigenvalue weighted by Gasteiger charge is -2.11.